The molecule has 1 N–H and O–H groups in total. The van der Waals surface area contributed by atoms with E-state index in [4.69, 9.17) is 4.74 Å². The highest BCUT2D eigenvalue weighted by Crippen LogP contribution is 2.38. The lowest BCUT2D eigenvalue weighted by Gasteiger charge is -2.09. The molecule has 4 rings (SSSR count). The van der Waals surface area contributed by atoms with Crippen molar-refractivity contribution in [2.75, 3.05) is 5.32 Å². The number of ether oxygens (including phenoxy) is 1. The van der Waals surface area contributed by atoms with Crippen LogP contribution in [-0.2, 0) is 13.2 Å². The highest BCUT2D eigenvalue weighted by Gasteiger charge is 2.26. The number of benzene rings is 1. The SMILES string of the molecule is c1ccc(COc2ccc(CNc3ccnc(C4CC4)n3)cc2)nc1. The molecule has 0 aliphatic heterocycles. The van der Waals surface area contributed by atoms with Gasteiger partial charge >= 0.3 is 0 Å². The van der Waals surface area contributed by atoms with Crippen LogP contribution < -0.4 is 10.1 Å². The second-order valence-electron chi connectivity index (χ2n) is 6.18. The second kappa shape index (κ2) is 7.30. The summed E-state index contributed by atoms with van der Waals surface area (Å²) in [6.07, 6.45) is 6.03. The Kier molecular flexibility index (Phi) is 4.55. The van der Waals surface area contributed by atoms with Crippen molar-refractivity contribution in [2.24, 2.45) is 0 Å². The van der Waals surface area contributed by atoms with Gasteiger partial charge in [-0.1, -0.05) is 18.2 Å². The van der Waals surface area contributed by atoms with Crippen LogP contribution in [0.2, 0.25) is 0 Å². The van der Waals surface area contributed by atoms with Crippen LogP contribution in [0.25, 0.3) is 0 Å². The molecule has 0 amide bonds. The van der Waals surface area contributed by atoms with Crippen LogP contribution in [0.5, 0.6) is 5.75 Å². The van der Waals surface area contributed by atoms with Crippen LogP contribution in [0.4, 0.5) is 5.82 Å². The lowest BCUT2D eigenvalue weighted by atomic mass is 10.2. The Morgan fingerprint density at radius 2 is 1.84 bits per heavy atom. The van der Waals surface area contributed by atoms with Gasteiger partial charge in [0.15, 0.2) is 0 Å². The predicted octanol–water partition coefficient (Wildman–Crippen LogP) is 3.94. The molecule has 0 atom stereocenters. The van der Waals surface area contributed by atoms with Crippen LogP contribution in [0.15, 0.2) is 60.9 Å². The van der Waals surface area contributed by atoms with Crippen LogP contribution in [0, 0.1) is 0 Å². The van der Waals surface area contributed by atoms with E-state index < -0.39 is 0 Å². The third kappa shape index (κ3) is 4.32. The molecule has 2 heterocycles. The molecular weight excluding hydrogens is 312 g/mol. The Balaban J connectivity index is 1.30. The summed E-state index contributed by atoms with van der Waals surface area (Å²) in [6, 6.07) is 15.8. The van der Waals surface area contributed by atoms with Crippen LogP contribution >= 0.6 is 0 Å². The third-order valence-electron chi connectivity index (χ3n) is 4.13. The first kappa shape index (κ1) is 15.6. The molecule has 126 valence electrons. The summed E-state index contributed by atoms with van der Waals surface area (Å²) < 4.78 is 5.76. The van der Waals surface area contributed by atoms with E-state index in [0.29, 0.717) is 12.5 Å². The normalized spacial score (nSPS) is 13.4. The molecule has 1 fully saturated rings. The van der Waals surface area contributed by atoms with E-state index in [1.807, 2.05) is 42.6 Å². The fourth-order valence-corrected chi connectivity index (χ4v) is 2.55. The highest BCUT2D eigenvalue weighted by molar-refractivity contribution is 5.36. The number of aromatic nitrogens is 3. The third-order valence-corrected chi connectivity index (χ3v) is 4.13. The Hall–Kier alpha value is -2.95. The number of nitrogens with one attached hydrogen (secondary N) is 1. The van der Waals surface area contributed by atoms with E-state index in [2.05, 4.69) is 32.4 Å². The van der Waals surface area contributed by atoms with E-state index in [1.54, 1.807) is 6.20 Å². The van der Waals surface area contributed by atoms with Crippen LogP contribution in [0.3, 0.4) is 0 Å². The number of pyridine rings is 1. The maximum absolute atomic E-state index is 5.76. The minimum atomic E-state index is 0.476. The van der Waals surface area contributed by atoms with Crippen molar-refractivity contribution in [1.82, 2.24) is 15.0 Å². The Labute approximate surface area is 147 Å². The Morgan fingerprint density at radius 3 is 2.60 bits per heavy atom. The summed E-state index contributed by atoms with van der Waals surface area (Å²) in [5, 5.41) is 3.36. The van der Waals surface area contributed by atoms with E-state index in [0.717, 1.165) is 29.6 Å². The average Bonchev–Trinajstić information content (AvgIpc) is 3.52. The van der Waals surface area contributed by atoms with E-state index in [1.165, 1.54) is 18.4 Å². The number of anilines is 1. The van der Waals surface area contributed by atoms with E-state index in [9.17, 15) is 0 Å². The van der Waals surface area contributed by atoms with Gasteiger partial charge in [0, 0.05) is 24.9 Å². The van der Waals surface area contributed by atoms with Crippen LogP contribution in [-0.4, -0.2) is 15.0 Å². The minimum absolute atomic E-state index is 0.476. The second-order valence-corrected chi connectivity index (χ2v) is 6.18. The molecule has 0 unspecified atom stereocenters. The Morgan fingerprint density at radius 1 is 0.960 bits per heavy atom. The van der Waals surface area contributed by atoms with Crippen molar-refractivity contribution < 1.29 is 4.74 Å². The standard InChI is InChI=1S/C20H20N4O/c1-2-11-21-17(3-1)14-25-18-8-4-15(5-9-18)13-23-19-10-12-22-20(24-19)16-6-7-16/h1-5,8-12,16H,6-7,13-14H2,(H,22,23,24). The molecule has 2 aromatic heterocycles. The quantitative estimate of drug-likeness (QED) is 0.710. The van der Waals surface area contributed by atoms with Gasteiger partial charge in [0.2, 0.25) is 0 Å². The van der Waals surface area contributed by atoms with Gasteiger partial charge in [-0.3, -0.25) is 4.98 Å². The van der Waals surface area contributed by atoms with Crippen molar-refractivity contribution in [2.45, 2.75) is 31.9 Å². The molecule has 5 nitrogen and oxygen atoms in total. The topological polar surface area (TPSA) is 59.9 Å². The van der Waals surface area contributed by atoms with Crippen molar-refractivity contribution >= 4 is 5.82 Å². The lowest BCUT2D eigenvalue weighted by molar-refractivity contribution is 0.301. The molecular formula is C20H20N4O. The number of rotatable bonds is 7. The summed E-state index contributed by atoms with van der Waals surface area (Å²) in [4.78, 5) is 13.2. The first-order valence-electron chi connectivity index (χ1n) is 8.55. The van der Waals surface area contributed by atoms with E-state index in [-0.39, 0.29) is 0 Å². The molecule has 1 saturated carbocycles. The average molecular weight is 332 g/mol. The fourth-order valence-electron chi connectivity index (χ4n) is 2.55. The summed E-state index contributed by atoms with van der Waals surface area (Å²) in [5.74, 6) is 3.25. The van der Waals surface area contributed by atoms with Gasteiger partial charge in [0.25, 0.3) is 0 Å². The summed E-state index contributed by atoms with van der Waals surface area (Å²) in [7, 11) is 0. The van der Waals surface area contributed by atoms with Crippen LogP contribution in [0.1, 0.15) is 35.8 Å². The molecule has 5 heteroatoms. The first-order valence-corrected chi connectivity index (χ1v) is 8.55. The minimum Gasteiger partial charge on any atom is -0.487 e. The zero-order valence-corrected chi connectivity index (χ0v) is 13.9. The fraction of sp³-hybridized carbons (Fsp3) is 0.250. The van der Waals surface area contributed by atoms with Gasteiger partial charge in [-0.15, -0.1) is 0 Å². The van der Waals surface area contributed by atoms with Gasteiger partial charge in [0.1, 0.15) is 24.0 Å². The van der Waals surface area contributed by atoms with Gasteiger partial charge in [0.05, 0.1) is 5.69 Å². The maximum Gasteiger partial charge on any atom is 0.133 e. The van der Waals surface area contributed by atoms with Crippen molar-refractivity contribution in [3.05, 3.63) is 78.0 Å². The molecule has 0 saturated heterocycles. The summed E-state index contributed by atoms with van der Waals surface area (Å²) in [5.41, 5.74) is 2.10. The van der Waals surface area contributed by atoms with E-state index >= 15 is 0 Å². The Bertz CT molecular complexity index is 817. The van der Waals surface area contributed by atoms with Crippen molar-refractivity contribution in [3.8, 4) is 5.75 Å². The molecule has 25 heavy (non-hydrogen) atoms. The molecule has 0 spiro atoms. The molecule has 3 aromatic rings. The molecule has 0 bridgehead atoms. The molecule has 0 radical (unpaired) electrons. The first-order chi connectivity index (χ1) is 12.4. The monoisotopic (exact) mass is 332 g/mol. The molecule has 1 aliphatic rings. The van der Waals surface area contributed by atoms with Crippen molar-refractivity contribution in [1.29, 1.82) is 0 Å². The summed E-state index contributed by atoms with van der Waals surface area (Å²) >= 11 is 0. The zero-order valence-electron chi connectivity index (χ0n) is 13.9. The smallest absolute Gasteiger partial charge is 0.133 e. The summed E-state index contributed by atoms with van der Waals surface area (Å²) in [6.45, 7) is 1.20. The number of hydrogen-bond acceptors (Lipinski definition) is 5. The zero-order chi connectivity index (χ0) is 16.9. The van der Waals surface area contributed by atoms with Crippen molar-refractivity contribution in [3.63, 3.8) is 0 Å². The predicted molar refractivity (Wildman–Crippen MR) is 96.3 cm³/mol. The largest absolute Gasteiger partial charge is 0.487 e. The maximum atomic E-state index is 5.76. The number of hydrogen-bond donors (Lipinski definition) is 1. The highest BCUT2D eigenvalue weighted by atomic mass is 16.5. The lowest BCUT2D eigenvalue weighted by Crippen LogP contribution is -2.04. The van der Waals surface area contributed by atoms with Gasteiger partial charge in [-0.05, 0) is 48.7 Å². The number of nitrogens with zero attached hydrogens (tertiary/aromatic N) is 3. The van der Waals surface area contributed by atoms with Gasteiger partial charge in [-0.2, -0.15) is 0 Å². The molecule has 1 aromatic carbocycles. The molecule has 1 aliphatic carbocycles. The van der Waals surface area contributed by atoms with Gasteiger partial charge < -0.3 is 10.1 Å². The van der Waals surface area contributed by atoms with Gasteiger partial charge in [-0.25, -0.2) is 9.97 Å².